The zero-order chi connectivity index (χ0) is 20.9. The molecule has 0 saturated carbocycles. The average molecular weight is 444 g/mol. The fourth-order valence-corrected chi connectivity index (χ4v) is 4.28. The van der Waals surface area contributed by atoms with Crippen molar-refractivity contribution in [3.05, 3.63) is 64.2 Å². The Balaban J connectivity index is 1.50. The molecule has 1 fully saturated rings. The minimum Gasteiger partial charge on any atom is -0.495 e. The molecule has 9 heteroatoms. The van der Waals surface area contributed by atoms with Crippen molar-refractivity contribution in [1.29, 1.82) is 0 Å². The van der Waals surface area contributed by atoms with E-state index in [1.165, 1.54) is 0 Å². The predicted octanol–water partition coefficient (Wildman–Crippen LogP) is 4.38. The third kappa shape index (κ3) is 4.83. The molecule has 7 nitrogen and oxygen atoms in total. The van der Waals surface area contributed by atoms with Crippen LogP contribution in [0.25, 0.3) is 0 Å². The van der Waals surface area contributed by atoms with Crippen LogP contribution >= 0.6 is 22.9 Å². The van der Waals surface area contributed by atoms with E-state index >= 15 is 0 Å². The van der Waals surface area contributed by atoms with Gasteiger partial charge >= 0.3 is 6.03 Å². The summed E-state index contributed by atoms with van der Waals surface area (Å²) in [5, 5.41) is 8.67. The molecular formula is C21H22ClN5O2S. The number of urea groups is 1. The number of anilines is 2. The Kier molecular flexibility index (Phi) is 6.35. The molecule has 4 rings (SSSR count). The van der Waals surface area contributed by atoms with E-state index in [0.29, 0.717) is 16.5 Å². The highest BCUT2D eigenvalue weighted by atomic mass is 35.5. The van der Waals surface area contributed by atoms with Gasteiger partial charge in [0.15, 0.2) is 0 Å². The lowest BCUT2D eigenvalue weighted by Gasteiger charge is -2.38. The molecule has 2 aromatic heterocycles. The van der Waals surface area contributed by atoms with Gasteiger partial charge in [-0.2, -0.15) is 0 Å². The molecule has 30 heavy (non-hydrogen) atoms. The zero-order valence-electron chi connectivity index (χ0n) is 16.4. The second-order valence-corrected chi connectivity index (χ2v) is 8.18. The number of hydrogen-bond donors (Lipinski definition) is 2. The summed E-state index contributed by atoms with van der Waals surface area (Å²) in [5.41, 5.74) is 3.43. The normalized spacial score (nSPS) is 18.7. The molecule has 1 saturated heterocycles. The summed E-state index contributed by atoms with van der Waals surface area (Å²) >= 11 is 7.49. The number of nitrogens with zero attached hydrogens (tertiary/aromatic N) is 3. The van der Waals surface area contributed by atoms with Crippen LogP contribution in [-0.2, 0) is 0 Å². The van der Waals surface area contributed by atoms with E-state index in [-0.39, 0.29) is 18.0 Å². The molecule has 3 aromatic rings. The van der Waals surface area contributed by atoms with Crippen molar-refractivity contribution < 1.29 is 9.53 Å². The molecule has 2 atom stereocenters. The molecule has 0 aliphatic carbocycles. The highest BCUT2D eigenvalue weighted by molar-refractivity contribution is 7.07. The first-order valence-corrected chi connectivity index (χ1v) is 10.9. The molecule has 1 aliphatic heterocycles. The molecule has 2 N–H and O–H groups in total. The first-order valence-electron chi connectivity index (χ1n) is 9.58. The van der Waals surface area contributed by atoms with Crippen molar-refractivity contribution >= 4 is 40.5 Å². The maximum absolute atomic E-state index is 12.6. The number of carbonyl (C=O) groups excluding carboxylic acids is 1. The van der Waals surface area contributed by atoms with Crippen molar-refractivity contribution in [3.63, 3.8) is 0 Å². The Hall–Kier alpha value is -2.84. The van der Waals surface area contributed by atoms with Crippen LogP contribution in [0.15, 0.2) is 53.5 Å². The van der Waals surface area contributed by atoms with Gasteiger partial charge < -0.3 is 20.3 Å². The third-order valence-electron chi connectivity index (χ3n) is 5.15. The van der Waals surface area contributed by atoms with Crippen LogP contribution in [0.5, 0.6) is 5.75 Å². The molecule has 2 amide bonds. The molecule has 0 radical (unpaired) electrons. The third-order valence-corrected chi connectivity index (χ3v) is 5.98. The molecule has 1 aromatic carbocycles. The molecule has 156 valence electrons. The van der Waals surface area contributed by atoms with Crippen LogP contribution in [0.3, 0.4) is 0 Å². The number of carbonyl (C=O) groups is 1. The Morgan fingerprint density at radius 2 is 2.07 bits per heavy atom. The van der Waals surface area contributed by atoms with Crippen molar-refractivity contribution in [3.8, 4) is 5.75 Å². The van der Waals surface area contributed by atoms with Gasteiger partial charge in [-0.05, 0) is 42.8 Å². The Morgan fingerprint density at radius 1 is 1.23 bits per heavy atom. The number of ether oxygens (including phenoxy) is 1. The number of pyridine rings is 1. The van der Waals surface area contributed by atoms with E-state index in [9.17, 15) is 4.79 Å². The molecular weight excluding hydrogens is 422 g/mol. The fourth-order valence-electron chi connectivity index (χ4n) is 3.60. The lowest BCUT2D eigenvalue weighted by Crippen LogP contribution is -2.51. The van der Waals surface area contributed by atoms with Gasteiger partial charge in [-0.1, -0.05) is 11.6 Å². The number of benzene rings is 1. The van der Waals surface area contributed by atoms with Crippen LogP contribution < -0.4 is 20.3 Å². The second kappa shape index (κ2) is 9.32. The molecule has 0 bridgehead atoms. The Morgan fingerprint density at radius 3 is 2.73 bits per heavy atom. The highest BCUT2D eigenvalue weighted by Gasteiger charge is 2.33. The second-order valence-electron chi connectivity index (χ2n) is 7.02. The first-order chi connectivity index (χ1) is 14.6. The SMILES string of the molecule is COc1ccc(C2CN(c3cscn3)CCC2NC(=O)Nc2ccc(Cl)cc2)nc1. The summed E-state index contributed by atoms with van der Waals surface area (Å²) in [6.07, 6.45) is 2.49. The summed E-state index contributed by atoms with van der Waals surface area (Å²) in [6.45, 7) is 1.53. The number of rotatable bonds is 5. The van der Waals surface area contributed by atoms with Crippen LogP contribution in [0.4, 0.5) is 16.3 Å². The largest absolute Gasteiger partial charge is 0.495 e. The van der Waals surface area contributed by atoms with E-state index in [2.05, 4.69) is 25.5 Å². The topological polar surface area (TPSA) is 79.4 Å². The van der Waals surface area contributed by atoms with Gasteiger partial charge in [0.25, 0.3) is 0 Å². The van der Waals surface area contributed by atoms with Crippen molar-refractivity contribution in [2.45, 2.75) is 18.4 Å². The quantitative estimate of drug-likeness (QED) is 0.611. The number of aromatic nitrogens is 2. The van der Waals surface area contributed by atoms with E-state index in [0.717, 1.165) is 31.0 Å². The van der Waals surface area contributed by atoms with Crippen molar-refractivity contribution in [2.75, 3.05) is 30.4 Å². The number of piperidine rings is 1. The number of amides is 2. The summed E-state index contributed by atoms with van der Waals surface area (Å²) in [7, 11) is 1.62. The maximum Gasteiger partial charge on any atom is 0.319 e. The summed E-state index contributed by atoms with van der Waals surface area (Å²) in [6, 6.07) is 10.6. The van der Waals surface area contributed by atoms with Crippen molar-refractivity contribution in [2.24, 2.45) is 0 Å². The molecule has 3 heterocycles. The predicted molar refractivity (Wildman–Crippen MR) is 120 cm³/mol. The van der Waals surface area contributed by atoms with E-state index in [4.69, 9.17) is 16.3 Å². The van der Waals surface area contributed by atoms with Crippen LogP contribution in [-0.4, -0.2) is 42.2 Å². The van der Waals surface area contributed by atoms with Crippen LogP contribution in [0.2, 0.25) is 5.02 Å². The zero-order valence-corrected chi connectivity index (χ0v) is 18.0. The van der Waals surface area contributed by atoms with E-state index < -0.39 is 0 Å². The summed E-state index contributed by atoms with van der Waals surface area (Å²) < 4.78 is 5.23. The number of nitrogens with one attached hydrogen (secondary N) is 2. The molecule has 0 spiro atoms. The van der Waals surface area contributed by atoms with Crippen LogP contribution in [0, 0.1) is 0 Å². The lowest BCUT2D eigenvalue weighted by molar-refractivity contribution is 0.243. The molecule has 1 aliphatic rings. The fraction of sp³-hybridized carbons (Fsp3) is 0.286. The molecule has 2 unspecified atom stereocenters. The lowest BCUT2D eigenvalue weighted by atomic mass is 9.89. The van der Waals surface area contributed by atoms with Crippen LogP contribution in [0.1, 0.15) is 18.0 Å². The summed E-state index contributed by atoms with van der Waals surface area (Å²) in [4.78, 5) is 23.9. The minimum atomic E-state index is -0.247. The number of halogens is 1. The number of methoxy groups -OCH3 is 1. The van der Waals surface area contributed by atoms with Gasteiger partial charge in [0, 0.05) is 46.8 Å². The van der Waals surface area contributed by atoms with Gasteiger partial charge in [0.2, 0.25) is 0 Å². The highest BCUT2D eigenvalue weighted by Crippen LogP contribution is 2.30. The first kappa shape index (κ1) is 20.4. The smallest absolute Gasteiger partial charge is 0.319 e. The average Bonchev–Trinajstić information content (AvgIpc) is 3.31. The summed E-state index contributed by atoms with van der Waals surface area (Å²) in [5.74, 6) is 1.68. The van der Waals surface area contributed by atoms with Crippen molar-refractivity contribution in [1.82, 2.24) is 15.3 Å². The number of thiazole rings is 1. The maximum atomic E-state index is 12.6. The monoisotopic (exact) mass is 443 g/mol. The van der Waals surface area contributed by atoms with Gasteiger partial charge in [-0.15, -0.1) is 11.3 Å². The van der Waals surface area contributed by atoms with E-state index in [1.54, 1.807) is 48.9 Å². The Bertz CT molecular complexity index is 966. The minimum absolute atomic E-state index is 0.0160. The number of hydrogen-bond acceptors (Lipinski definition) is 6. The van der Waals surface area contributed by atoms with E-state index in [1.807, 2.05) is 23.0 Å². The van der Waals surface area contributed by atoms with Gasteiger partial charge in [0.1, 0.15) is 11.6 Å². The standard InChI is InChI=1S/C21H22ClN5O2S/c1-29-16-6-7-18(23-10-16)17-11-27(20-12-30-13-24-20)9-8-19(17)26-21(28)25-15-4-2-14(22)3-5-15/h2-7,10,12-13,17,19H,8-9,11H2,1H3,(H2,25,26,28). The van der Waals surface area contributed by atoms with Gasteiger partial charge in [-0.25, -0.2) is 9.78 Å². The van der Waals surface area contributed by atoms with Gasteiger partial charge in [0.05, 0.1) is 18.8 Å². The Labute approximate surface area is 184 Å². The van der Waals surface area contributed by atoms with Gasteiger partial charge in [-0.3, -0.25) is 4.98 Å².